The van der Waals surface area contributed by atoms with Crippen LogP contribution in [0.25, 0.3) is 11.4 Å². The molecule has 106 valence electrons. The van der Waals surface area contributed by atoms with Gasteiger partial charge in [0.15, 0.2) is 0 Å². The molecule has 1 aromatic carbocycles. The van der Waals surface area contributed by atoms with Gasteiger partial charge in [0.05, 0.1) is 0 Å². The highest BCUT2D eigenvalue weighted by atomic mass is 16.5. The molecule has 0 aliphatic rings. The van der Waals surface area contributed by atoms with E-state index >= 15 is 0 Å². The maximum Gasteiger partial charge on any atom is 0.228 e. The quantitative estimate of drug-likeness (QED) is 0.778. The molecule has 0 atom stereocenters. The molecule has 0 saturated heterocycles. The first-order valence-corrected chi connectivity index (χ1v) is 6.85. The van der Waals surface area contributed by atoms with Crippen molar-refractivity contribution in [2.45, 2.75) is 13.3 Å². The molecule has 2 heterocycles. The molecule has 0 radical (unpaired) electrons. The van der Waals surface area contributed by atoms with Crippen LogP contribution in [-0.2, 0) is 6.42 Å². The average Bonchev–Trinajstić information content (AvgIpc) is 2.97. The predicted molar refractivity (Wildman–Crippen MR) is 80.9 cm³/mol. The van der Waals surface area contributed by atoms with Crippen LogP contribution in [0.2, 0.25) is 0 Å². The standard InChI is InChI=1S/C16H16N4O/c1-12-11-17-9-7-14(12)16-19-15(21-20-16)8-10-18-13-5-3-2-4-6-13/h2-7,9,11,18H,8,10H2,1H3. The molecule has 0 unspecified atom stereocenters. The van der Waals surface area contributed by atoms with Gasteiger partial charge >= 0.3 is 0 Å². The van der Waals surface area contributed by atoms with Crippen molar-refractivity contribution in [3.8, 4) is 11.4 Å². The molecule has 5 heteroatoms. The van der Waals surface area contributed by atoms with Crippen LogP contribution >= 0.6 is 0 Å². The third-order valence-electron chi connectivity index (χ3n) is 3.17. The third-order valence-corrected chi connectivity index (χ3v) is 3.17. The first kappa shape index (κ1) is 13.3. The summed E-state index contributed by atoms with van der Waals surface area (Å²) in [6.45, 7) is 2.73. The summed E-state index contributed by atoms with van der Waals surface area (Å²) < 4.78 is 5.29. The predicted octanol–water partition coefficient (Wildman–Crippen LogP) is 3.09. The number of hydrogen-bond donors (Lipinski definition) is 1. The van der Waals surface area contributed by atoms with Gasteiger partial charge in [0.2, 0.25) is 11.7 Å². The molecule has 2 aromatic heterocycles. The minimum atomic E-state index is 0.615. The molecule has 0 aliphatic carbocycles. The summed E-state index contributed by atoms with van der Waals surface area (Å²) in [5.41, 5.74) is 3.07. The van der Waals surface area contributed by atoms with Crippen molar-refractivity contribution < 1.29 is 4.52 Å². The zero-order valence-electron chi connectivity index (χ0n) is 11.8. The number of aromatic nitrogens is 3. The molecule has 0 amide bonds. The number of aryl methyl sites for hydroxylation is 1. The molecule has 0 aliphatic heterocycles. The van der Waals surface area contributed by atoms with E-state index in [1.165, 1.54) is 0 Å². The summed E-state index contributed by atoms with van der Waals surface area (Å²) in [6, 6.07) is 11.9. The fourth-order valence-corrected chi connectivity index (χ4v) is 2.06. The van der Waals surface area contributed by atoms with Crippen LogP contribution in [0.4, 0.5) is 5.69 Å². The minimum Gasteiger partial charge on any atom is -0.385 e. The van der Waals surface area contributed by atoms with E-state index in [1.54, 1.807) is 12.4 Å². The second-order valence-electron chi connectivity index (χ2n) is 4.75. The average molecular weight is 280 g/mol. The molecule has 5 nitrogen and oxygen atoms in total. The molecule has 3 aromatic rings. The van der Waals surface area contributed by atoms with Crippen molar-refractivity contribution in [2.24, 2.45) is 0 Å². The zero-order valence-corrected chi connectivity index (χ0v) is 11.8. The van der Waals surface area contributed by atoms with Crippen molar-refractivity contribution in [1.29, 1.82) is 0 Å². The molecule has 0 saturated carbocycles. The number of rotatable bonds is 5. The zero-order chi connectivity index (χ0) is 14.5. The van der Waals surface area contributed by atoms with Gasteiger partial charge in [0.25, 0.3) is 0 Å². The monoisotopic (exact) mass is 280 g/mol. The third kappa shape index (κ3) is 3.25. The van der Waals surface area contributed by atoms with Gasteiger partial charge in [-0.25, -0.2) is 0 Å². The van der Waals surface area contributed by atoms with Crippen molar-refractivity contribution in [1.82, 2.24) is 15.1 Å². The van der Waals surface area contributed by atoms with Crippen LogP contribution < -0.4 is 5.32 Å². The molecule has 1 N–H and O–H groups in total. The van der Waals surface area contributed by atoms with E-state index in [9.17, 15) is 0 Å². The fourth-order valence-electron chi connectivity index (χ4n) is 2.06. The number of pyridine rings is 1. The van der Waals surface area contributed by atoms with Crippen LogP contribution in [0.3, 0.4) is 0 Å². The lowest BCUT2D eigenvalue weighted by molar-refractivity contribution is 0.381. The number of hydrogen-bond acceptors (Lipinski definition) is 5. The van der Waals surface area contributed by atoms with Crippen LogP contribution in [0.5, 0.6) is 0 Å². The maximum absolute atomic E-state index is 5.29. The lowest BCUT2D eigenvalue weighted by Gasteiger charge is -2.03. The Morgan fingerprint density at radius 2 is 2.00 bits per heavy atom. The van der Waals surface area contributed by atoms with Crippen molar-refractivity contribution >= 4 is 5.69 Å². The van der Waals surface area contributed by atoms with Gasteiger partial charge in [0, 0.05) is 36.6 Å². The number of para-hydroxylation sites is 1. The second-order valence-corrected chi connectivity index (χ2v) is 4.75. The summed E-state index contributed by atoms with van der Waals surface area (Å²) in [5, 5.41) is 7.35. The summed E-state index contributed by atoms with van der Waals surface area (Å²) in [4.78, 5) is 8.49. The van der Waals surface area contributed by atoms with Gasteiger partial charge in [-0.1, -0.05) is 23.4 Å². The van der Waals surface area contributed by atoms with Crippen molar-refractivity contribution in [3.63, 3.8) is 0 Å². The Hall–Kier alpha value is -2.69. The Morgan fingerprint density at radius 3 is 2.81 bits per heavy atom. The van der Waals surface area contributed by atoms with E-state index in [1.807, 2.05) is 43.3 Å². The van der Waals surface area contributed by atoms with Gasteiger partial charge < -0.3 is 9.84 Å². The molecule has 21 heavy (non-hydrogen) atoms. The van der Waals surface area contributed by atoms with Crippen LogP contribution in [0.1, 0.15) is 11.5 Å². The fraction of sp³-hybridized carbons (Fsp3) is 0.188. The highest BCUT2D eigenvalue weighted by molar-refractivity contribution is 5.57. The van der Waals surface area contributed by atoms with E-state index < -0.39 is 0 Å². The number of benzene rings is 1. The molecule has 3 rings (SSSR count). The van der Waals surface area contributed by atoms with Gasteiger partial charge in [-0.2, -0.15) is 4.98 Å². The topological polar surface area (TPSA) is 63.8 Å². The lowest BCUT2D eigenvalue weighted by Crippen LogP contribution is -2.04. The summed E-state index contributed by atoms with van der Waals surface area (Å²) >= 11 is 0. The van der Waals surface area contributed by atoms with E-state index in [-0.39, 0.29) is 0 Å². The first-order chi connectivity index (χ1) is 10.3. The van der Waals surface area contributed by atoms with Crippen LogP contribution in [-0.4, -0.2) is 21.7 Å². The van der Waals surface area contributed by atoms with E-state index in [0.717, 1.165) is 23.4 Å². The van der Waals surface area contributed by atoms with E-state index in [0.29, 0.717) is 18.1 Å². The van der Waals surface area contributed by atoms with Crippen LogP contribution in [0, 0.1) is 6.92 Å². The maximum atomic E-state index is 5.29. The van der Waals surface area contributed by atoms with Gasteiger partial charge in [-0.05, 0) is 30.7 Å². The van der Waals surface area contributed by atoms with Gasteiger partial charge in [-0.15, -0.1) is 0 Å². The smallest absolute Gasteiger partial charge is 0.228 e. The molecule has 0 fully saturated rings. The Labute approximate surface area is 123 Å². The highest BCUT2D eigenvalue weighted by Gasteiger charge is 2.10. The SMILES string of the molecule is Cc1cnccc1-c1noc(CCNc2ccccc2)n1. The summed E-state index contributed by atoms with van der Waals surface area (Å²) in [7, 11) is 0. The first-order valence-electron chi connectivity index (χ1n) is 6.85. The summed E-state index contributed by atoms with van der Waals surface area (Å²) in [6.07, 6.45) is 4.21. The number of anilines is 1. The molecule has 0 bridgehead atoms. The van der Waals surface area contributed by atoms with Gasteiger partial charge in [-0.3, -0.25) is 4.98 Å². The largest absolute Gasteiger partial charge is 0.385 e. The molecular weight excluding hydrogens is 264 g/mol. The Kier molecular flexibility index (Phi) is 3.91. The second kappa shape index (κ2) is 6.17. The van der Waals surface area contributed by atoms with E-state index in [2.05, 4.69) is 20.4 Å². The normalized spacial score (nSPS) is 10.5. The highest BCUT2D eigenvalue weighted by Crippen LogP contribution is 2.18. The van der Waals surface area contributed by atoms with Crippen molar-refractivity contribution in [3.05, 3.63) is 60.2 Å². The Balaban J connectivity index is 1.62. The molecular formula is C16H16N4O. The Bertz CT molecular complexity index is 709. The van der Waals surface area contributed by atoms with Crippen LogP contribution in [0.15, 0.2) is 53.3 Å². The number of nitrogens with one attached hydrogen (secondary N) is 1. The lowest BCUT2D eigenvalue weighted by atomic mass is 10.1. The summed E-state index contributed by atoms with van der Waals surface area (Å²) in [5.74, 6) is 1.24. The Morgan fingerprint density at radius 1 is 1.14 bits per heavy atom. The minimum absolute atomic E-state index is 0.615. The number of nitrogens with zero attached hydrogens (tertiary/aromatic N) is 3. The molecule has 0 spiro atoms. The van der Waals surface area contributed by atoms with E-state index in [4.69, 9.17) is 4.52 Å². The van der Waals surface area contributed by atoms with Gasteiger partial charge in [0.1, 0.15) is 0 Å². The van der Waals surface area contributed by atoms with Crippen molar-refractivity contribution in [2.75, 3.05) is 11.9 Å².